The lowest BCUT2D eigenvalue weighted by Crippen LogP contribution is -1.93. The monoisotopic (exact) mass is 217 g/mol. The molecule has 1 aromatic rings. The number of thiol groups is 1. The van der Waals surface area contributed by atoms with Crippen LogP contribution in [0, 0.1) is 0 Å². The first-order chi connectivity index (χ1) is 6.31. The van der Waals surface area contributed by atoms with E-state index in [4.69, 9.17) is 4.74 Å². The van der Waals surface area contributed by atoms with Gasteiger partial charge in [0, 0.05) is 24.2 Å². The number of nitrogens with zero attached hydrogens (tertiary/aromatic N) is 1. The summed E-state index contributed by atoms with van der Waals surface area (Å²) in [5, 5.41) is 1.17. The summed E-state index contributed by atoms with van der Waals surface area (Å²) in [4.78, 5) is 5.83. The second kappa shape index (κ2) is 5.62. The molecule has 0 saturated carbocycles. The molecule has 0 radical (unpaired) electrons. The minimum Gasteiger partial charge on any atom is -0.384 e. The van der Waals surface area contributed by atoms with Gasteiger partial charge in [-0.1, -0.05) is 6.92 Å². The summed E-state index contributed by atoms with van der Waals surface area (Å²) in [6, 6.07) is 0. The van der Waals surface area contributed by atoms with Gasteiger partial charge < -0.3 is 4.74 Å². The average molecular weight is 217 g/mol. The quantitative estimate of drug-likeness (QED) is 0.765. The van der Waals surface area contributed by atoms with Crippen LogP contribution < -0.4 is 0 Å². The van der Waals surface area contributed by atoms with Crippen molar-refractivity contribution in [3.05, 3.63) is 15.6 Å². The molecule has 0 atom stereocenters. The van der Waals surface area contributed by atoms with Crippen LogP contribution in [0.1, 0.15) is 22.5 Å². The molecule has 0 aliphatic carbocycles. The number of aromatic nitrogens is 1. The average Bonchev–Trinajstić information content (AvgIpc) is 2.57. The van der Waals surface area contributed by atoms with E-state index in [9.17, 15) is 0 Å². The molecular formula is C9H15NOS2. The first-order valence-electron chi connectivity index (χ1n) is 4.39. The van der Waals surface area contributed by atoms with Gasteiger partial charge in [0.25, 0.3) is 0 Å². The van der Waals surface area contributed by atoms with Crippen LogP contribution in [0.15, 0.2) is 0 Å². The van der Waals surface area contributed by atoms with E-state index in [0.717, 1.165) is 25.2 Å². The van der Waals surface area contributed by atoms with Gasteiger partial charge in [0.15, 0.2) is 0 Å². The van der Waals surface area contributed by atoms with Crippen molar-refractivity contribution in [3.8, 4) is 0 Å². The first-order valence-corrected chi connectivity index (χ1v) is 5.84. The third kappa shape index (κ3) is 2.97. The van der Waals surface area contributed by atoms with Gasteiger partial charge in [-0.05, 0) is 6.42 Å². The van der Waals surface area contributed by atoms with E-state index in [0.29, 0.717) is 0 Å². The largest absolute Gasteiger partial charge is 0.384 e. The number of hydrogen-bond donors (Lipinski definition) is 1. The minimum atomic E-state index is 0.753. The number of aryl methyl sites for hydroxylation is 1. The molecule has 13 heavy (non-hydrogen) atoms. The van der Waals surface area contributed by atoms with E-state index < -0.39 is 0 Å². The highest BCUT2D eigenvalue weighted by molar-refractivity contribution is 7.79. The second-order valence-corrected chi connectivity index (χ2v) is 4.22. The lowest BCUT2D eigenvalue weighted by molar-refractivity contribution is 0.202. The van der Waals surface area contributed by atoms with Crippen molar-refractivity contribution in [2.24, 2.45) is 0 Å². The maximum atomic E-state index is 5.01. The van der Waals surface area contributed by atoms with Crippen molar-refractivity contribution < 1.29 is 4.74 Å². The molecule has 1 aromatic heterocycles. The summed E-state index contributed by atoms with van der Waals surface area (Å²) >= 11 is 6.03. The maximum absolute atomic E-state index is 5.01. The fourth-order valence-corrected chi connectivity index (χ4v) is 2.51. The summed E-state index contributed by atoms with van der Waals surface area (Å²) in [7, 11) is 1.72. The Morgan fingerprint density at radius 1 is 1.54 bits per heavy atom. The van der Waals surface area contributed by atoms with Crippen molar-refractivity contribution in [2.45, 2.75) is 25.5 Å². The van der Waals surface area contributed by atoms with Gasteiger partial charge in [0.1, 0.15) is 0 Å². The molecule has 0 bridgehead atoms. The molecule has 0 N–H and O–H groups in total. The molecule has 0 unspecified atom stereocenters. The minimum absolute atomic E-state index is 0.753. The zero-order chi connectivity index (χ0) is 9.68. The van der Waals surface area contributed by atoms with Crippen molar-refractivity contribution in [1.82, 2.24) is 4.98 Å². The van der Waals surface area contributed by atoms with Crippen LogP contribution in [-0.4, -0.2) is 18.7 Å². The van der Waals surface area contributed by atoms with Crippen LogP contribution in [0.3, 0.4) is 0 Å². The Labute approximate surface area is 88.7 Å². The van der Waals surface area contributed by atoms with Crippen molar-refractivity contribution in [3.63, 3.8) is 0 Å². The highest BCUT2D eigenvalue weighted by Gasteiger charge is 2.07. The van der Waals surface area contributed by atoms with Crippen molar-refractivity contribution >= 4 is 24.0 Å². The van der Waals surface area contributed by atoms with Crippen LogP contribution in [0.25, 0.3) is 0 Å². The SMILES string of the molecule is CCc1nc(CCOC)sc1CS. The summed E-state index contributed by atoms with van der Waals surface area (Å²) in [5.74, 6) is 0.799. The third-order valence-corrected chi connectivity index (χ3v) is 3.51. The van der Waals surface area contributed by atoms with Gasteiger partial charge in [-0.15, -0.1) is 11.3 Å². The van der Waals surface area contributed by atoms with E-state index in [2.05, 4.69) is 24.5 Å². The Kier molecular flexibility index (Phi) is 4.77. The van der Waals surface area contributed by atoms with Crippen molar-refractivity contribution in [1.29, 1.82) is 0 Å². The molecule has 0 aromatic carbocycles. The van der Waals surface area contributed by atoms with E-state index in [1.807, 2.05) is 0 Å². The summed E-state index contributed by atoms with van der Waals surface area (Å²) in [6.07, 6.45) is 1.92. The lowest BCUT2D eigenvalue weighted by Gasteiger charge is -1.92. The lowest BCUT2D eigenvalue weighted by atomic mass is 10.3. The fraction of sp³-hybridized carbons (Fsp3) is 0.667. The van der Waals surface area contributed by atoms with Crippen molar-refractivity contribution in [2.75, 3.05) is 13.7 Å². The van der Waals surface area contributed by atoms with Gasteiger partial charge in [-0.2, -0.15) is 12.6 Å². The van der Waals surface area contributed by atoms with Crippen LogP contribution in [-0.2, 0) is 23.3 Å². The normalized spacial score (nSPS) is 10.7. The van der Waals surface area contributed by atoms with Gasteiger partial charge in [-0.25, -0.2) is 4.98 Å². The van der Waals surface area contributed by atoms with Gasteiger partial charge in [0.05, 0.1) is 17.3 Å². The smallest absolute Gasteiger partial charge is 0.0954 e. The zero-order valence-electron chi connectivity index (χ0n) is 8.04. The molecule has 0 aliphatic heterocycles. The van der Waals surface area contributed by atoms with Crippen LogP contribution in [0.2, 0.25) is 0 Å². The number of rotatable bonds is 5. The maximum Gasteiger partial charge on any atom is 0.0954 e. The van der Waals surface area contributed by atoms with Crippen LogP contribution in [0.5, 0.6) is 0 Å². The van der Waals surface area contributed by atoms with Gasteiger partial charge in [-0.3, -0.25) is 0 Å². The van der Waals surface area contributed by atoms with Crippen LogP contribution in [0.4, 0.5) is 0 Å². The fourth-order valence-electron chi connectivity index (χ4n) is 1.13. The molecule has 1 heterocycles. The predicted molar refractivity (Wildman–Crippen MR) is 59.8 cm³/mol. The molecule has 1 rings (SSSR count). The Balaban J connectivity index is 2.68. The van der Waals surface area contributed by atoms with E-state index in [-0.39, 0.29) is 0 Å². The summed E-state index contributed by atoms with van der Waals surface area (Å²) in [5.41, 5.74) is 1.20. The Morgan fingerprint density at radius 3 is 2.77 bits per heavy atom. The number of ether oxygens (including phenoxy) is 1. The highest BCUT2D eigenvalue weighted by Crippen LogP contribution is 2.21. The number of hydrogen-bond acceptors (Lipinski definition) is 4. The Morgan fingerprint density at radius 2 is 2.31 bits per heavy atom. The molecule has 2 nitrogen and oxygen atoms in total. The summed E-state index contributed by atoms with van der Waals surface area (Å²) < 4.78 is 5.01. The van der Waals surface area contributed by atoms with E-state index >= 15 is 0 Å². The number of methoxy groups -OCH3 is 1. The third-order valence-electron chi connectivity index (χ3n) is 1.82. The highest BCUT2D eigenvalue weighted by atomic mass is 32.1. The topological polar surface area (TPSA) is 22.1 Å². The molecule has 0 saturated heterocycles. The Bertz CT molecular complexity index is 239. The van der Waals surface area contributed by atoms with Gasteiger partial charge in [0.2, 0.25) is 0 Å². The Hall–Kier alpha value is -0.0600. The standard InChI is InChI=1S/C9H15NOS2/c1-3-7-8(6-12)13-9(10-7)4-5-11-2/h12H,3-6H2,1-2H3. The molecule has 0 fully saturated rings. The van der Waals surface area contributed by atoms with E-state index in [1.54, 1.807) is 18.4 Å². The first kappa shape index (κ1) is 11.0. The predicted octanol–water partition coefficient (Wildman–Crippen LogP) is 2.32. The molecule has 74 valence electrons. The molecule has 0 spiro atoms. The summed E-state index contributed by atoms with van der Waals surface area (Å²) in [6.45, 7) is 2.88. The van der Waals surface area contributed by atoms with Gasteiger partial charge >= 0.3 is 0 Å². The molecule has 0 aliphatic rings. The number of thiazole rings is 1. The second-order valence-electron chi connectivity index (χ2n) is 2.73. The zero-order valence-corrected chi connectivity index (χ0v) is 9.75. The molecular weight excluding hydrogens is 202 g/mol. The molecule has 0 amide bonds. The van der Waals surface area contributed by atoms with E-state index in [1.165, 1.54) is 15.6 Å². The van der Waals surface area contributed by atoms with Crippen LogP contribution >= 0.6 is 24.0 Å². The molecule has 4 heteroatoms.